The molecule has 1 N–H and O–H groups in total. The Kier molecular flexibility index (Phi) is 6.75. The van der Waals surface area contributed by atoms with Gasteiger partial charge in [0, 0.05) is 38.7 Å². The van der Waals surface area contributed by atoms with Crippen molar-refractivity contribution in [3.05, 3.63) is 12.4 Å². The lowest BCUT2D eigenvalue weighted by Crippen LogP contribution is -2.18. The second-order valence-corrected chi connectivity index (χ2v) is 4.87. The summed E-state index contributed by atoms with van der Waals surface area (Å²) in [5.41, 5.74) is 0. The van der Waals surface area contributed by atoms with Crippen LogP contribution in [0.5, 0.6) is 0 Å². The normalized spacial score (nSPS) is 12.9. The summed E-state index contributed by atoms with van der Waals surface area (Å²) >= 11 is 0. The van der Waals surface area contributed by atoms with Gasteiger partial charge in [-0.25, -0.2) is 4.98 Å². The first-order valence-electron chi connectivity index (χ1n) is 6.55. The summed E-state index contributed by atoms with van der Waals surface area (Å²) in [4.78, 5) is 6.57. The Labute approximate surface area is 110 Å². The first kappa shape index (κ1) is 15.0. The number of aromatic nitrogens is 2. The predicted octanol–water partition coefficient (Wildman–Crippen LogP) is 1.84. The van der Waals surface area contributed by atoms with Crippen LogP contribution < -0.4 is 5.32 Å². The topological polar surface area (TPSA) is 42.3 Å². The molecule has 0 saturated carbocycles. The number of ether oxygens (including phenoxy) is 1. The summed E-state index contributed by atoms with van der Waals surface area (Å²) < 4.78 is 7.24. The Morgan fingerprint density at radius 2 is 2.28 bits per heavy atom. The van der Waals surface area contributed by atoms with E-state index in [0.29, 0.717) is 6.04 Å². The Balaban J connectivity index is 2.42. The summed E-state index contributed by atoms with van der Waals surface area (Å²) in [5, 5.41) is 3.35. The van der Waals surface area contributed by atoms with Crippen LogP contribution in [0.25, 0.3) is 0 Å². The minimum atomic E-state index is 0.458. The van der Waals surface area contributed by atoms with Crippen LogP contribution >= 0.6 is 0 Å². The van der Waals surface area contributed by atoms with Gasteiger partial charge in [0.05, 0.1) is 0 Å². The van der Waals surface area contributed by atoms with Gasteiger partial charge in [-0.05, 0) is 40.4 Å². The van der Waals surface area contributed by atoms with E-state index in [1.807, 2.05) is 12.4 Å². The van der Waals surface area contributed by atoms with Crippen LogP contribution in [0.15, 0.2) is 12.4 Å². The first-order chi connectivity index (χ1) is 8.65. The van der Waals surface area contributed by atoms with Crippen LogP contribution in [0.3, 0.4) is 0 Å². The highest BCUT2D eigenvalue weighted by Crippen LogP contribution is 2.16. The molecule has 0 aliphatic rings. The molecule has 1 heterocycles. The maximum atomic E-state index is 5.03. The lowest BCUT2D eigenvalue weighted by atomic mass is 10.2. The van der Waals surface area contributed by atoms with Crippen molar-refractivity contribution in [2.24, 2.45) is 0 Å². The second-order valence-electron chi connectivity index (χ2n) is 4.87. The highest BCUT2D eigenvalue weighted by Gasteiger charge is 2.09. The van der Waals surface area contributed by atoms with Crippen LogP contribution in [-0.4, -0.2) is 55.4 Å². The number of nitrogens with one attached hydrogen (secondary N) is 1. The molecule has 1 aromatic rings. The fraction of sp³-hybridized carbons (Fsp3) is 0.769. The van der Waals surface area contributed by atoms with E-state index in [1.165, 1.54) is 0 Å². The number of nitrogens with zero attached hydrogens (tertiary/aromatic N) is 3. The van der Waals surface area contributed by atoms with Gasteiger partial charge in [0.25, 0.3) is 0 Å². The van der Waals surface area contributed by atoms with Crippen LogP contribution in [0.1, 0.15) is 25.8 Å². The molecule has 0 saturated heterocycles. The van der Waals surface area contributed by atoms with Crippen molar-refractivity contribution in [1.82, 2.24) is 14.5 Å². The van der Waals surface area contributed by atoms with Gasteiger partial charge in [0.15, 0.2) is 0 Å². The molecule has 0 radical (unpaired) electrons. The van der Waals surface area contributed by atoms with E-state index in [4.69, 9.17) is 4.74 Å². The number of rotatable bonds is 9. The van der Waals surface area contributed by atoms with Gasteiger partial charge in [-0.1, -0.05) is 0 Å². The highest BCUT2D eigenvalue weighted by molar-refractivity contribution is 5.26. The van der Waals surface area contributed by atoms with Gasteiger partial charge < -0.3 is 19.5 Å². The smallest absolute Gasteiger partial charge is 0.203 e. The molecule has 5 heteroatoms. The van der Waals surface area contributed by atoms with Gasteiger partial charge in [0.1, 0.15) is 0 Å². The molecule has 1 atom stereocenters. The van der Waals surface area contributed by atoms with Crippen molar-refractivity contribution < 1.29 is 4.74 Å². The molecule has 0 spiro atoms. The van der Waals surface area contributed by atoms with Crippen LogP contribution in [0.4, 0.5) is 5.95 Å². The third kappa shape index (κ3) is 5.06. The minimum Gasteiger partial charge on any atom is -0.385 e. The van der Waals surface area contributed by atoms with E-state index in [9.17, 15) is 0 Å². The van der Waals surface area contributed by atoms with Gasteiger partial charge in [0.2, 0.25) is 5.95 Å². The van der Waals surface area contributed by atoms with Crippen LogP contribution in [0.2, 0.25) is 0 Å². The van der Waals surface area contributed by atoms with Crippen molar-refractivity contribution >= 4 is 5.95 Å². The first-order valence-corrected chi connectivity index (χ1v) is 6.55. The van der Waals surface area contributed by atoms with Crippen molar-refractivity contribution in [2.45, 2.75) is 25.8 Å². The molecule has 0 aliphatic carbocycles. The molecule has 0 bridgehead atoms. The molecule has 104 valence electrons. The van der Waals surface area contributed by atoms with E-state index in [-0.39, 0.29) is 0 Å². The third-order valence-corrected chi connectivity index (χ3v) is 2.95. The number of hydrogen-bond donors (Lipinski definition) is 1. The molecule has 1 rings (SSSR count). The molecule has 5 nitrogen and oxygen atoms in total. The maximum Gasteiger partial charge on any atom is 0.203 e. The molecule has 0 aromatic carbocycles. The largest absolute Gasteiger partial charge is 0.385 e. The Bertz CT molecular complexity index is 325. The lowest BCUT2D eigenvalue weighted by molar-refractivity contribution is 0.197. The van der Waals surface area contributed by atoms with Gasteiger partial charge in [-0.2, -0.15) is 0 Å². The molecule has 0 fully saturated rings. The molecule has 1 unspecified atom stereocenters. The summed E-state index contributed by atoms with van der Waals surface area (Å²) in [6, 6.07) is 0.458. The van der Waals surface area contributed by atoms with E-state index < -0.39 is 0 Å². The second kappa shape index (κ2) is 8.11. The van der Waals surface area contributed by atoms with E-state index in [1.54, 1.807) is 7.11 Å². The average Bonchev–Trinajstić information content (AvgIpc) is 2.80. The Morgan fingerprint density at radius 3 is 2.94 bits per heavy atom. The zero-order valence-electron chi connectivity index (χ0n) is 12.0. The van der Waals surface area contributed by atoms with Crippen molar-refractivity contribution in [3.8, 4) is 0 Å². The summed E-state index contributed by atoms with van der Waals surface area (Å²) in [7, 11) is 5.93. The highest BCUT2D eigenvalue weighted by atomic mass is 16.5. The van der Waals surface area contributed by atoms with Gasteiger partial charge in [-0.3, -0.25) is 0 Å². The average molecular weight is 254 g/mol. The number of imidazole rings is 1. The summed E-state index contributed by atoms with van der Waals surface area (Å²) in [5.74, 6) is 0.956. The third-order valence-electron chi connectivity index (χ3n) is 2.95. The summed E-state index contributed by atoms with van der Waals surface area (Å²) in [6.45, 7) is 4.99. The lowest BCUT2D eigenvalue weighted by Gasteiger charge is -2.19. The van der Waals surface area contributed by atoms with Crippen molar-refractivity contribution in [1.29, 1.82) is 0 Å². The monoisotopic (exact) mass is 254 g/mol. The molecule has 0 aliphatic heterocycles. The fourth-order valence-corrected chi connectivity index (χ4v) is 1.81. The molecule has 18 heavy (non-hydrogen) atoms. The number of hydrogen-bond acceptors (Lipinski definition) is 4. The van der Waals surface area contributed by atoms with Crippen LogP contribution in [-0.2, 0) is 4.74 Å². The minimum absolute atomic E-state index is 0.458. The Morgan fingerprint density at radius 1 is 1.50 bits per heavy atom. The quantitative estimate of drug-likeness (QED) is 0.683. The molecule has 1 aromatic heterocycles. The fourth-order valence-electron chi connectivity index (χ4n) is 1.81. The zero-order chi connectivity index (χ0) is 13.4. The SMILES string of the molecule is COCCCNc1nccn1C(C)CCN(C)C. The maximum absolute atomic E-state index is 5.03. The molecular formula is C13H26N4O. The Hall–Kier alpha value is -1.07. The molecular weight excluding hydrogens is 228 g/mol. The zero-order valence-corrected chi connectivity index (χ0v) is 12.0. The summed E-state index contributed by atoms with van der Waals surface area (Å²) in [6.07, 6.45) is 6.01. The van der Waals surface area contributed by atoms with Crippen molar-refractivity contribution in [3.63, 3.8) is 0 Å². The molecule has 0 amide bonds. The van der Waals surface area contributed by atoms with E-state index >= 15 is 0 Å². The van der Waals surface area contributed by atoms with E-state index in [0.717, 1.165) is 38.5 Å². The van der Waals surface area contributed by atoms with Gasteiger partial charge in [-0.15, -0.1) is 0 Å². The van der Waals surface area contributed by atoms with E-state index in [2.05, 4.69) is 40.8 Å². The number of methoxy groups -OCH3 is 1. The predicted molar refractivity (Wildman–Crippen MR) is 75.1 cm³/mol. The van der Waals surface area contributed by atoms with Crippen molar-refractivity contribution in [2.75, 3.05) is 46.2 Å². The standard InChI is InChI=1S/C13H26N4O/c1-12(6-9-16(2)3)17-10-8-15-13(17)14-7-5-11-18-4/h8,10,12H,5-7,9,11H2,1-4H3,(H,14,15). The van der Waals surface area contributed by atoms with Crippen LogP contribution in [0, 0.1) is 0 Å². The number of anilines is 1. The van der Waals surface area contributed by atoms with Gasteiger partial charge >= 0.3 is 0 Å².